The molecule has 4 unspecified atom stereocenters. The van der Waals surface area contributed by atoms with Gasteiger partial charge >= 0.3 is 5.97 Å². The number of amides is 1. The van der Waals surface area contributed by atoms with E-state index < -0.39 is 17.9 Å². The predicted octanol–water partition coefficient (Wildman–Crippen LogP) is 1.15. The van der Waals surface area contributed by atoms with E-state index in [1.54, 1.807) is 12.1 Å². The van der Waals surface area contributed by atoms with Crippen LogP contribution in [0.3, 0.4) is 0 Å². The predicted molar refractivity (Wildman–Crippen MR) is 145 cm³/mol. The summed E-state index contributed by atoms with van der Waals surface area (Å²) < 4.78 is 33.2. The molecule has 2 fully saturated rings. The number of aromatic hydroxyl groups is 1. The number of fused-ring (bicyclic) bond motifs is 3. The molecule has 2 aromatic rings. The Kier molecular flexibility index (Phi) is 7.78. The molecular formula is C29H35N3O9. The highest BCUT2D eigenvalue weighted by molar-refractivity contribution is 5.81. The van der Waals surface area contributed by atoms with Gasteiger partial charge < -0.3 is 44.2 Å². The topological polar surface area (TPSA) is 137 Å². The van der Waals surface area contributed by atoms with Crippen molar-refractivity contribution in [3.63, 3.8) is 0 Å². The Morgan fingerprint density at radius 1 is 1.02 bits per heavy atom. The first-order valence-corrected chi connectivity index (χ1v) is 13.8. The van der Waals surface area contributed by atoms with Crippen molar-refractivity contribution in [3.8, 4) is 28.7 Å². The number of carbonyl (C=O) groups excluding carboxylic acids is 2. The summed E-state index contributed by atoms with van der Waals surface area (Å²) in [5, 5.41) is 16.9. The Morgan fingerprint density at radius 3 is 2.39 bits per heavy atom. The number of nitrogens with zero attached hydrogens (tertiary/aromatic N) is 1. The molecule has 2 aromatic carbocycles. The van der Waals surface area contributed by atoms with Crippen molar-refractivity contribution in [2.75, 3.05) is 73.6 Å². The molecule has 4 aliphatic rings. The van der Waals surface area contributed by atoms with Gasteiger partial charge in [-0.25, -0.2) is 0 Å². The van der Waals surface area contributed by atoms with Crippen LogP contribution >= 0.6 is 0 Å². The maximum Gasteiger partial charge on any atom is 0.310 e. The summed E-state index contributed by atoms with van der Waals surface area (Å²) in [5.41, 5.74) is 2.33. The van der Waals surface area contributed by atoms with Crippen molar-refractivity contribution < 1.29 is 43.1 Å². The smallest absolute Gasteiger partial charge is 0.310 e. The van der Waals surface area contributed by atoms with Crippen LogP contribution in [0, 0.1) is 11.8 Å². The van der Waals surface area contributed by atoms with Crippen molar-refractivity contribution in [2.24, 2.45) is 11.8 Å². The Balaban J connectivity index is 1.30. The van der Waals surface area contributed by atoms with Crippen LogP contribution in [0.2, 0.25) is 0 Å². The van der Waals surface area contributed by atoms with Gasteiger partial charge in [-0.3, -0.25) is 14.5 Å². The fraction of sp³-hybridized carbons (Fsp3) is 0.517. The third-order valence-electron chi connectivity index (χ3n) is 8.36. The van der Waals surface area contributed by atoms with E-state index in [1.165, 1.54) is 14.2 Å². The third kappa shape index (κ3) is 5.22. The molecule has 3 N–H and O–H groups in total. The van der Waals surface area contributed by atoms with Gasteiger partial charge in [-0.15, -0.1) is 0 Å². The highest BCUT2D eigenvalue weighted by Crippen LogP contribution is 2.55. The molecule has 0 bridgehead atoms. The normalized spacial score (nSPS) is 24.8. The number of phenolic OH excluding ortho intramolecular Hbond substituents is 1. The van der Waals surface area contributed by atoms with Crippen LogP contribution in [0.1, 0.15) is 28.7 Å². The summed E-state index contributed by atoms with van der Waals surface area (Å²) in [5.74, 6) is -0.459. The van der Waals surface area contributed by atoms with Gasteiger partial charge in [-0.2, -0.15) is 0 Å². The highest BCUT2D eigenvalue weighted by atomic mass is 16.7. The molecule has 0 saturated carbocycles. The number of ether oxygens (including phenoxy) is 6. The van der Waals surface area contributed by atoms with E-state index >= 15 is 0 Å². The molecule has 0 aromatic heterocycles. The minimum absolute atomic E-state index is 0.0860. The molecule has 0 radical (unpaired) electrons. The molecule has 220 valence electrons. The van der Waals surface area contributed by atoms with E-state index in [0.717, 1.165) is 44.0 Å². The number of morpholine rings is 1. The molecule has 0 spiro atoms. The third-order valence-corrected chi connectivity index (χ3v) is 8.36. The zero-order valence-electron chi connectivity index (χ0n) is 23.1. The van der Waals surface area contributed by atoms with Gasteiger partial charge in [0.05, 0.1) is 52.5 Å². The standard InChI is InChI=1S/C29H35N3O9/c1-36-22-9-16(10-23(37-2)28(22)34)25-17-11-20-21(41-15-40-20)12-18(17)27(19-14-39-29(35)26(19)25)31-24(33)13-30-3-4-32-5-7-38-8-6-32/h9-12,19,25-27,30,34H,3-8,13-15H2,1-2H3,(H,31,33). The number of hydrogen-bond donors (Lipinski definition) is 3. The fourth-order valence-corrected chi connectivity index (χ4v) is 6.33. The summed E-state index contributed by atoms with van der Waals surface area (Å²) in [6.45, 7) is 5.14. The minimum atomic E-state index is -0.596. The van der Waals surface area contributed by atoms with Gasteiger partial charge in [0.25, 0.3) is 0 Å². The lowest BCUT2D eigenvalue weighted by Gasteiger charge is -2.39. The van der Waals surface area contributed by atoms with Crippen molar-refractivity contribution in [3.05, 3.63) is 41.0 Å². The van der Waals surface area contributed by atoms with Crippen LogP contribution in [0.15, 0.2) is 24.3 Å². The average Bonchev–Trinajstić information content (AvgIpc) is 3.61. The number of carbonyl (C=O) groups is 2. The first-order valence-electron chi connectivity index (χ1n) is 13.8. The van der Waals surface area contributed by atoms with Crippen LogP contribution in [0.5, 0.6) is 28.7 Å². The van der Waals surface area contributed by atoms with Crippen LogP contribution in [0.25, 0.3) is 0 Å². The van der Waals surface area contributed by atoms with Crippen molar-refractivity contribution in [1.82, 2.24) is 15.5 Å². The van der Waals surface area contributed by atoms with E-state index in [-0.39, 0.29) is 55.0 Å². The lowest BCUT2D eigenvalue weighted by atomic mass is 9.65. The second-order valence-corrected chi connectivity index (χ2v) is 10.6. The van der Waals surface area contributed by atoms with Crippen molar-refractivity contribution in [1.29, 1.82) is 0 Å². The molecule has 3 aliphatic heterocycles. The first kappa shape index (κ1) is 27.4. The minimum Gasteiger partial charge on any atom is -0.502 e. The summed E-state index contributed by atoms with van der Waals surface area (Å²) >= 11 is 0. The summed E-state index contributed by atoms with van der Waals surface area (Å²) in [6.07, 6.45) is 0. The summed E-state index contributed by atoms with van der Waals surface area (Å²) in [4.78, 5) is 28.8. The Hall–Kier alpha value is -3.74. The zero-order valence-corrected chi connectivity index (χ0v) is 23.1. The fourth-order valence-electron chi connectivity index (χ4n) is 6.33. The molecule has 6 rings (SSSR count). The zero-order chi connectivity index (χ0) is 28.5. The maximum absolute atomic E-state index is 13.3. The molecular weight excluding hydrogens is 534 g/mol. The van der Waals surface area contributed by atoms with Crippen molar-refractivity contribution >= 4 is 11.9 Å². The average molecular weight is 570 g/mol. The molecule has 1 aliphatic carbocycles. The van der Waals surface area contributed by atoms with Gasteiger partial charge in [-0.1, -0.05) is 0 Å². The number of rotatable bonds is 9. The van der Waals surface area contributed by atoms with E-state index in [9.17, 15) is 14.7 Å². The van der Waals surface area contributed by atoms with Gasteiger partial charge in [0.2, 0.25) is 18.4 Å². The van der Waals surface area contributed by atoms with Crippen LogP contribution in [-0.2, 0) is 19.1 Å². The molecule has 12 heteroatoms. The molecule has 4 atom stereocenters. The van der Waals surface area contributed by atoms with Gasteiger partial charge in [0.15, 0.2) is 23.0 Å². The Bertz CT molecular complexity index is 1290. The number of nitrogens with one attached hydrogen (secondary N) is 2. The van der Waals surface area contributed by atoms with E-state index in [1.807, 2.05) is 12.1 Å². The second kappa shape index (κ2) is 11.6. The highest BCUT2D eigenvalue weighted by Gasteiger charge is 2.53. The first-order chi connectivity index (χ1) is 20.0. The summed E-state index contributed by atoms with van der Waals surface area (Å²) in [6, 6.07) is 6.68. The van der Waals surface area contributed by atoms with Crippen LogP contribution < -0.4 is 29.6 Å². The van der Waals surface area contributed by atoms with Gasteiger partial charge in [0.1, 0.15) is 0 Å². The maximum atomic E-state index is 13.3. The lowest BCUT2D eigenvalue weighted by Crippen LogP contribution is -2.46. The largest absolute Gasteiger partial charge is 0.502 e. The molecule has 41 heavy (non-hydrogen) atoms. The SMILES string of the molecule is COc1cc(C2c3cc4c(cc3C(NC(=O)CNCCN3CCOCC3)C3COC(=O)C23)OCO4)cc(OC)c1O. The molecule has 1 amide bonds. The van der Waals surface area contributed by atoms with E-state index in [4.69, 9.17) is 28.4 Å². The summed E-state index contributed by atoms with van der Waals surface area (Å²) in [7, 11) is 2.91. The van der Waals surface area contributed by atoms with Crippen LogP contribution in [-0.4, -0.2) is 95.4 Å². The number of phenols is 1. The number of benzene rings is 2. The monoisotopic (exact) mass is 569 g/mol. The van der Waals surface area contributed by atoms with Crippen molar-refractivity contribution in [2.45, 2.75) is 12.0 Å². The lowest BCUT2D eigenvalue weighted by molar-refractivity contribution is -0.141. The molecule has 3 heterocycles. The molecule has 2 saturated heterocycles. The Morgan fingerprint density at radius 2 is 1.71 bits per heavy atom. The van der Waals surface area contributed by atoms with E-state index in [0.29, 0.717) is 23.6 Å². The quantitative estimate of drug-likeness (QED) is 0.296. The Labute approximate surface area is 237 Å². The van der Waals surface area contributed by atoms with Crippen LogP contribution in [0.4, 0.5) is 0 Å². The number of methoxy groups -OCH3 is 2. The van der Waals surface area contributed by atoms with Gasteiger partial charge in [0, 0.05) is 38.0 Å². The number of esters is 1. The number of hydrogen-bond acceptors (Lipinski definition) is 11. The van der Waals surface area contributed by atoms with E-state index in [2.05, 4.69) is 15.5 Å². The molecule has 12 nitrogen and oxygen atoms in total. The van der Waals surface area contributed by atoms with Gasteiger partial charge in [-0.05, 0) is 41.0 Å². The second-order valence-electron chi connectivity index (χ2n) is 10.6. The number of cyclic esters (lactones) is 1.